The summed E-state index contributed by atoms with van der Waals surface area (Å²) in [5.41, 5.74) is 4.33. The molecule has 2 N–H and O–H groups in total. The first-order chi connectivity index (χ1) is 8.34. The molecule has 2 aromatic rings. The molecule has 0 spiro atoms. The number of pyridine rings is 1. The summed E-state index contributed by atoms with van der Waals surface area (Å²) in [5, 5.41) is 3.75. The van der Waals surface area contributed by atoms with Crippen molar-refractivity contribution >= 4 is 5.82 Å². The molecule has 0 unspecified atom stereocenters. The second kappa shape index (κ2) is 4.17. The monoisotopic (exact) mass is 259 g/mol. The average Bonchev–Trinajstić information content (AvgIpc) is 2.61. The lowest BCUT2D eigenvalue weighted by Crippen LogP contribution is -2.07. The minimum absolute atomic E-state index is 0.108. The van der Waals surface area contributed by atoms with E-state index in [1.165, 1.54) is 11.0 Å². The van der Waals surface area contributed by atoms with Crippen LogP contribution in [0.3, 0.4) is 0 Å². The van der Waals surface area contributed by atoms with E-state index in [0.717, 1.165) is 12.1 Å². The molecule has 0 amide bonds. The number of aromatic nitrogens is 4. The number of nitrogens with two attached hydrogens (primary N) is 1. The van der Waals surface area contributed by atoms with Crippen molar-refractivity contribution in [3.05, 3.63) is 24.0 Å². The second-order valence-corrected chi connectivity index (χ2v) is 3.42. The summed E-state index contributed by atoms with van der Waals surface area (Å²) in [7, 11) is 1.59. The van der Waals surface area contributed by atoms with Gasteiger partial charge in [0.05, 0.1) is 5.56 Å². The normalized spacial score (nSPS) is 11.6. The summed E-state index contributed by atoms with van der Waals surface area (Å²) in [6.07, 6.45) is -3.18. The first-order valence-corrected chi connectivity index (χ1v) is 4.73. The topological polar surface area (TPSA) is 78.9 Å². The van der Waals surface area contributed by atoms with Gasteiger partial charge in [-0.2, -0.15) is 23.1 Å². The molecular formula is C9H8F3N5O. The van der Waals surface area contributed by atoms with E-state index < -0.39 is 11.7 Å². The van der Waals surface area contributed by atoms with Gasteiger partial charge in [0.15, 0.2) is 0 Å². The summed E-state index contributed by atoms with van der Waals surface area (Å²) in [4.78, 5) is 7.32. The zero-order valence-electron chi connectivity index (χ0n) is 9.14. The number of hydrogen-bond donors (Lipinski definition) is 1. The van der Waals surface area contributed by atoms with Crippen molar-refractivity contribution in [2.75, 3.05) is 5.73 Å². The molecule has 0 saturated carbocycles. The van der Waals surface area contributed by atoms with Crippen LogP contribution in [-0.2, 0) is 13.2 Å². The smallest absolute Gasteiger partial charge is 0.404 e. The number of ether oxygens (including phenoxy) is 1. The fourth-order valence-corrected chi connectivity index (χ4v) is 1.20. The first kappa shape index (κ1) is 12.1. The zero-order chi connectivity index (χ0) is 13.3. The van der Waals surface area contributed by atoms with Crippen LogP contribution < -0.4 is 10.5 Å². The van der Waals surface area contributed by atoms with Gasteiger partial charge in [-0.05, 0) is 6.07 Å². The Balaban J connectivity index is 2.31. The molecule has 0 fully saturated rings. The molecule has 0 aliphatic carbocycles. The third-order valence-electron chi connectivity index (χ3n) is 1.92. The standard InChI is InChI=1S/C9H8F3N5O/c1-17-4-14-8(16-17)18-7-3-5(9(10,11)12)2-6(13)15-7/h2-4H,1H3,(H2,13,15). The van der Waals surface area contributed by atoms with E-state index >= 15 is 0 Å². The van der Waals surface area contributed by atoms with Crippen molar-refractivity contribution in [1.29, 1.82) is 0 Å². The van der Waals surface area contributed by atoms with E-state index in [-0.39, 0.29) is 17.7 Å². The molecule has 0 atom stereocenters. The maximum absolute atomic E-state index is 12.5. The molecule has 2 heterocycles. The van der Waals surface area contributed by atoms with E-state index in [4.69, 9.17) is 10.5 Å². The lowest BCUT2D eigenvalue weighted by molar-refractivity contribution is -0.137. The van der Waals surface area contributed by atoms with E-state index in [9.17, 15) is 13.2 Å². The fraction of sp³-hybridized carbons (Fsp3) is 0.222. The van der Waals surface area contributed by atoms with Crippen molar-refractivity contribution in [1.82, 2.24) is 19.7 Å². The van der Waals surface area contributed by atoms with E-state index in [1.54, 1.807) is 7.05 Å². The molecule has 2 rings (SSSR count). The number of rotatable bonds is 2. The van der Waals surface area contributed by atoms with Crippen molar-refractivity contribution in [3.63, 3.8) is 0 Å². The third-order valence-corrected chi connectivity index (χ3v) is 1.92. The van der Waals surface area contributed by atoms with Gasteiger partial charge in [-0.3, -0.25) is 4.68 Å². The Kier molecular flexibility index (Phi) is 2.81. The van der Waals surface area contributed by atoms with Gasteiger partial charge in [-0.25, -0.2) is 0 Å². The summed E-state index contributed by atoms with van der Waals surface area (Å²) in [6, 6.07) is 1.34. The number of aryl methyl sites for hydroxylation is 1. The van der Waals surface area contributed by atoms with Crippen LogP contribution in [0.1, 0.15) is 5.56 Å². The highest BCUT2D eigenvalue weighted by molar-refractivity contribution is 5.39. The Labute approximate surface area is 99.2 Å². The summed E-state index contributed by atoms with van der Waals surface area (Å²) in [5.74, 6) is -0.607. The van der Waals surface area contributed by atoms with Crippen molar-refractivity contribution in [2.24, 2.45) is 7.05 Å². The Hall–Kier alpha value is -2.32. The summed E-state index contributed by atoms with van der Waals surface area (Å²) in [6.45, 7) is 0. The lowest BCUT2D eigenvalue weighted by atomic mass is 10.2. The Morgan fingerprint density at radius 3 is 2.61 bits per heavy atom. The Bertz CT molecular complexity index is 566. The number of nitrogens with zero attached hydrogens (tertiary/aromatic N) is 4. The highest BCUT2D eigenvalue weighted by atomic mass is 19.4. The third kappa shape index (κ3) is 2.67. The Morgan fingerprint density at radius 2 is 2.06 bits per heavy atom. The quantitative estimate of drug-likeness (QED) is 0.886. The van der Waals surface area contributed by atoms with Gasteiger partial charge in [0.2, 0.25) is 5.88 Å². The minimum atomic E-state index is -4.52. The van der Waals surface area contributed by atoms with Crippen LogP contribution in [-0.4, -0.2) is 19.7 Å². The molecule has 9 heteroatoms. The number of hydrogen-bond acceptors (Lipinski definition) is 5. The predicted octanol–water partition coefficient (Wildman–Crippen LogP) is 1.60. The van der Waals surface area contributed by atoms with Gasteiger partial charge in [0, 0.05) is 13.1 Å². The lowest BCUT2D eigenvalue weighted by Gasteiger charge is -2.08. The van der Waals surface area contributed by atoms with Crippen LogP contribution in [0.15, 0.2) is 18.5 Å². The maximum atomic E-state index is 12.5. The molecule has 0 radical (unpaired) electrons. The van der Waals surface area contributed by atoms with Crippen LogP contribution in [0.25, 0.3) is 0 Å². The van der Waals surface area contributed by atoms with E-state index in [0.29, 0.717) is 0 Å². The van der Waals surface area contributed by atoms with E-state index in [1.807, 2.05) is 0 Å². The van der Waals surface area contributed by atoms with Gasteiger partial charge in [-0.1, -0.05) is 0 Å². The molecule has 0 saturated heterocycles. The van der Waals surface area contributed by atoms with Crippen LogP contribution in [0.5, 0.6) is 11.9 Å². The summed E-state index contributed by atoms with van der Waals surface area (Å²) < 4.78 is 43.9. The SMILES string of the molecule is Cn1cnc(Oc2cc(C(F)(F)F)cc(N)n2)n1. The minimum Gasteiger partial charge on any atom is -0.404 e. The predicted molar refractivity (Wildman–Crippen MR) is 54.7 cm³/mol. The first-order valence-electron chi connectivity index (χ1n) is 4.73. The Morgan fingerprint density at radius 1 is 1.33 bits per heavy atom. The molecule has 0 aliphatic heterocycles. The van der Waals surface area contributed by atoms with Gasteiger partial charge in [0.1, 0.15) is 12.1 Å². The fourth-order valence-electron chi connectivity index (χ4n) is 1.20. The van der Waals surface area contributed by atoms with Crippen LogP contribution in [0.4, 0.5) is 19.0 Å². The summed E-state index contributed by atoms with van der Waals surface area (Å²) >= 11 is 0. The number of halogens is 3. The molecule has 0 aliphatic rings. The average molecular weight is 259 g/mol. The van der Waals surface area contributed by atoms with Gasteiger partial charge >= 0.3 is 12.2 Å². The molecule has 96 valence electrons. The second-order valence-electron chi connectivity index (χ2n) is 3.42. The van der Waals surface area contributed by atoms with Gasteiger partial charge in [0.25, 0.3) is 0 Å². The molecule has 2 aromatic heterocycles. The molecular weight excluding hydrogens is 251 g/mol. The highest BCUT2D eigenvalue weighted by Gasteiger charge is 2.31. The van der Waals surface area contributed by atoms with Gasteiger partial charge in [-0.15, -0.1) is 5.10 Å². The number of nitrogen functional groups attached to an aromatic ring is 1. The molecule has 6 nitrogen and oxygen atoms in total. The number of alkyl halides is 3. The van der Waals surface area contributed by atoms with E-state index in [2.05, 4.69) is 15.1 Å². The highest BCUT2D eigenvalue weighted by Crippen LogP contribution is 2.32. The molecule has 18 heavy (non-hydrogen) atoms. The van der Waals surface area contributed by atoms with Crippen LogP contribution in [0, 0.1) is 0 Å². The van der Waals surface area contributed by atoms with Crippen LogP contribution in [0.2, 0.25) is 0 Å². The van der Waals surface area contributed by atoms with Crippen molar-refractivity contribution < 1.29 is 17.9 Å². The van der Waals surface area contributed by atoms with Crippen LogP contribution >= 0.6 is 0 Å². The molecule has 0 bridgehead atoms. The maximum Gasteiger partial charge on any atom is 0.416 e. The molecule has 0 aromatic carbocycles. The zero-order valence-corrected chi connectivity index (χ0v) is 9.14. The van der Waals surface area contributed by atoms with Crippen molar-refractivity contribution in [3.8, 4) is 11.9 Å². The number of anilines is 1. The largest absolute Gasteiger partial charge is 0.416 e. The van der Waals surface area contributed by atoms with Crippen molar-refractivity contribution in [2.45, 2.75) is 6.18 Å². The van der Waals surface area contributed by atoms with Gasteiger partial charge < -0.3 is 10.5 Å².